The fourth-order valence-corrected chi connectivity index (χ4v) is 1.77. The summed E-state index contributed by atoms with van der Waals surface area (Å²) in [6.45, 7) is 0.232. The molecule has 0 saturated carbocycles. The minimum atomic E-state index is -0.286. The molecular formula is C13H13BrN4O2. The maximum absolute atomic E-state index is 11.8. The van der Waals surface area contributed by atoms with E-state index in [1.165, 1.54) is 0 Å². The standard InChI is InChI=1S/C13H13BrN4O2/c14-10-3-1-9(2-4-10)13(20)18-8-12(19)17-7-11-15-5-6-16-11/h1-6H,7-8H2,(H,15,16)(H,17,19)(H,18,20). The third kappa shape index (κ3) is 4.20. The van der Waals surface area contributed by atoms with E-state index in [0.717, 1.165) is 4.47 Å². The van der Waals surface area contributed by atoms with Crippen molar-refractivity contribution in [1.29, 1.82) is 0 Å². The fraction of sp³-hybridized carbons (Fsp3) is 0.154. The Morgan fingerprint density at radius 1 is 1.20 bits per heavy atom. The minimum absolute atomic E-state index is 0.0738. The first-order valence-electron chi connectivity index (χ1n) is 5.94. The van der Waals surface area contributed by atoms with E-state index >= 15 is 0 Å². The van der Waals surface area contributed by atoms with Gasteiger partial charge in [0, 0.05) is 22.4 Å². The van der Waals surface area contributed by atoms with Gasteiger partial charge in [-0.2, -0.15) is 0 Å². The van der Waals surface area contributed by atoms with Crippen molar-refractivity contribution in [2.24, 2.45) is 0 Å². The predicted molar refractivity (Wildman–Crippen MR) is 76.9 cm³/mol. The van der Waals surface area contributed by atoms with E-state index in [1.54, 1.807) is 36.7 Å². The van der Waals surface area contributed by atoms with Crippen molar-refractivity contribution >= 4 is 27.7 Å². The van der Waals surface area contributed by atoms with Crippen LogP contribution in [0.25, 0.3) is 0 Å². The van der Waals surface area contributed by atoms with Crippen molar-refractivity contribution in [1.82, 2.24) is 20.6 Å². The molecule has 0 radical (unpaired) electrons. The third-order valence-electron chi connectivity index (χ3n) is 2.52. The second-order valence-electron chi connectivity index (χ2n) is 4.00. The molecule has 1 heterocycles. The number of rotatable bonds is 5. The first kappa shape index (κ1) is 14.3. The lowest BCUT2D eigenvalue weighted by Gasteiger charge is -2.06. The fourth-order valence-electron chi connectivity index (χ4n) is 1.50. The minimum Gasteiger partial charge on any atom is -0.347 e. The largest absolute Gasteiger partial charge is 0.347 e. The molecule has 2 amide bonds. The monoisotopic (exact) mass is 336 g/mol. The zero-order valence-corrected chi connectivity index (χ0v) is 12.1. The summed E-state index contributed by atoms with van der Waals surface area (Å²) in [4.78, 5) is 30.2. The van der Waals surface area contributed by atoms with E-state index in [0.29, 0.717) is 17.9 Å². The number of amides is 2. The molecule has 0 aliphatic heterocycles. The molecule has 0 fully saturated rings. The molecule has 7 heteroatoms. The Kier molecular flexibility index (Phi) is 4.89. The highest BCUT2D eigenvalue weighted by Crippen LogP contribution is 2.10. The summed E-state index contributed by atoms with van der Waals surface area (Å²) in [5.74, 6) is 0.107. The van der Waals surface area contributed by atoms with Crippen LogP contribution in [0.3, 0.4) is 0 Å². The Balaban J connectivity index is 1.75. The molecular weight excluding hydrogens is 324 g/mol. The molecule has 3 N–H and O–H groups in total. The third-order valence-corrected chi connectivity index (χ3v) is 3.05. The highest BCUT2D eigenvalue weighted by Gasteiger charge is 2.07. The first-order chi connectivity index (χ1) is 9.65. The van der Waals surface area contributed by atoms with Gasteiger partial charge in [0.15, 0.2) is 0 Å². The maximum Gasteiger partial charge on any atom is 0.251 e. The average Bonchev–Trinajstić information content (AvgIpc) is 2.96. The van der Waals surface area contributed by atoms with Gasteiger partial charge in [0.2, 0.25) is 5.91 Å². The molecule has 6 nitrogen and oxygen atoms in total. The number of imidazole rings is 1. The molecule has 0 aliphatic rings. The molecule has 0 bridgehead atoms. The SMILES string of the molecule is O=C(CNC(=O)c1ccc(Br)cc1)NCc1ncc[nH]1. The average molecular weight is 337 g/mol. The molecule has 0 spiro atoms. The number of H-pyrrole nitrogens is 1. The Hall–Kier alpha value is -2.15. The van der Waals surface area contributed by atoms with Crippen LogP contribution in [0.2, 0.25) is 0 Å². The summed E-state index contributed by atoms with van der Waals surface area (Å²) in [7, 11) is 0. The lowest BCUT2D eigenvalue weighted by molar-refractivity contribution is -0.120. The highest BCUT2D eigenvalue weighted by molar-refractivity contribution is 9.10. The molecule has 104 valence electrons. The van der Waals surface area contributed by atoms with Gasteiger partial charge in [-0.3, -0.25) is 9.59 Å². The first-order valence-corrected chi connectivity index (χ1v) is 6.73. The van der Waals surface area contributed by atoms with Crippen LogP contribution in [-0.2, 0) is 11.3 Å². The number of carbonyl (C=O) groups excluding carboxylic acids is 2. The van der Waals surface area contributed by atoms with Crippen LogP contribution in [0.4, 0.5) is 0 Å². The van der Waals surface area contributed by atoms with Crippen LogP contribution in [-0.4, -0.2) is 28.3 Å². The molecule has 1 aromatic carbocycles. The van der Waals surface area contributed by atoms with Crippen molar-refractivity contribution < 1.29 is 9.59 Å². The van der Waals surface area contributed by atoms with Crippen molar-refractivity contribution in [3.05, 3.63) is 52.5 Å². The van der Waals surface area contributed by atoms with E-state index in [4.69, 9.17) is 0 Å². The Morgan fingerprint density at radius 2 is 1.95 bits per heavy atom. The molecule has 0 unspecified atom stereocenters. The van der Waals surface area contributed by atoms with Crippen LogP contribution in [0.15, 0.2) is 41.1 Å². The number of carbonyl (C=O) groups is 2. The Labute approximate surface area is 124 Å². The number of aromatic amines is 1. The van der Waals surface area contributed by atoms with Crippen molar-refractivity contribution in [2.45, 2.75) is 6.54 Å². The molecule has 2 rings (SSSR count). The molecule has 0 atom stereocenters. The number of benzene rings is 1. The molecule has 0 saturated heterocycles. The summed E-state index contributed by atoms with van der Waals surface area (Å²) in [6, 6.07) is 6.90. The number of nitrogens with zero attached hydrogens (tertiary/aromatic N) is 1. The van der Waals surface area contributed by atoms with Gasteiger partial charge in [0.1, 0.15) is 5.82 Å². The van der Waals surface area contributed by atoms with Crippen LogP contribution in [0.1, 0.15) is 16.2 Å². The van der Waals surface area contributed by atoms with Crippen LogP contribution >= 0.6 is 15.9 Å². The van der Waals surface area contributed by atoms with E-state index in [9.17, 15) is 9.59 Å². The molecule has 20 heavy (non-hydrogen) atoms. The lowest BCUT2D eigenvalue weighted by Crippen LogP contribution is -2.36. The number of halogens is 1. The highest BCUT2D eigenvalue weighted by atomic mass is 79.9. The maximum atomic E-state index is 11.8. The van der Waals surface area contributed by atoms with E-state index in [-0.39, 0.29) is 18.4 Å². The van der Waals surface area contributed by atoms with Gasteiger partial charge in [-0.15, -0.1) is 0 Å². The van der Waals surface area contributed by atoms with Gasteiger partial charge in [-0.05, 0) is 24.3 Å². The quantitative estimate of drug-likeness (QED) is 0.767. The summed E-state index contributed by atoms with van der Waals surface area (Å²) < 4.78 is 0.894. The second kappa shape index (κ2) is 6.85. The summed E-state index contributed by atoms with van der Waals surface area (Å²) in [6.07, 6.45) is 3.29. The Bertz CT molecular complexity index is 581. The normalized spacial score (nSPS) is 10.1. The van der Waals surface area contributed by atoms with Gasteiger partial charge in [0.25, 0.3) is 5.91 Å². The van der Waals surface area contributed by atoms with E-state index in [2.05, 4.69) is 36.5 Å². The van der Waals surface area contributed by atoms with Crippen LogP contribution < -0.4 is 10.6 Å². The summed E-state index contributed by atoms with van der Waals surface area (Å²) in [5, 5.41) is 5.20. The zero-order valence-electron chi connectivity index (χ0n) is 10.5. The number of nitrogens with one attached hydrogen (secondary N) is 3. The van der Waals surface area contributed by atoms with Crippen molar-refractivity contribution in [3.8, 4) is 0 Å². The second-order valence-corrected chi connectivity index (χ2v) is 4.92. The van der Waals surface area contributed by atoms with Gasteiger partial charge >= 0.3 is 0 Å². The van der Waals surface area contributed by atoms with Crippen molar-refractivity contribution in [3.63, 3.8) is 0 Å². The number of hydrogen-bond donors (Lipinski definition) is 3. The van der Waals surface area contributed by atoms with Crippen LogP contribution in [0.5, 0.6) is 0 Å². The topological polar surface area (TPSA) is 86.9 Å². The lowest BCUT2D eigenvalue weighted by atomic mass is 10.2. The van der Waals surface area contributed by atoms with Gasteiger partial charge in [-0.25, -0.2) is 4.98 Å². The predicted octanol–water partition coefficient (Wildman–Crippen LogP) is 1.22. The summed E-state index contributed by atoms with van der Waals surface area (Å²) in [5.41, 5.74) is 0.507. The number of aromatic nitrogens is 2. The molecule has 2 aromatic rings. The number of hydrogen-bond acceptors (Lipinski definition) is 3. The molecule has 0 aliphatic carbocycles. The smallest absolute Gasteiger partial charge is 0.251 e. The van der Waals surface area contributed by atoms with E-state index in [1.807, 2.05) is 0 Å². The summed E-state index contributed by atoms with van der Waals surface area (Å²) >= 11 is 3.29. The molecule has 1 aromatic heterocycles. The van der Waals surface area contributed by atoms with Gasteiger partial charge < -0.3 is 15.6 Å². The van der Waals surface area contributed by atoms with Crippen molar-refractivity contribution in [2.75, 3.05) is 6.54 Å². The van der Waals surface area contributed by atoms with Crippen LogP contribution in [0, 0.1) is 0 Å². The zero-order chi connectivity index (χ0) is 14.4. The van der Waals surface area contributed by atoms with E-state index < -0.39 is 0 Å². The van der Waals surface area contributed by atoms with Gasteiger partial charge in [-0.1, -0.05) is 15.9 Å². The van der Waals surface area contributed by atoms with Gasteiger partial charge in [0.05, 0.1) is 13.1 Å². The Morgan fingerprint density at radius 3 is 2.60 bits per heavy atom.